The summed E-state index contributed by atoms with van der Waals surface area (Å²) in [6.07, 6.45) is 0.0289. The molecule has 0 spiro atoms. The van der Waals surface area contributed by atoms with Crippen molar-refractivity contribution in [3.63, 3.8) is 0 Å². The summed E-state index contributed by atoms with van der Waals surface area (Å²) in [5.74, 6) is -0.826. The highest BCUT2D eigenvalue weighted by Crippen LogP contribution is 2.24. The molecule has 0 aliphatic carbocycles. The number of aromatic amines is 1. The fourth-order valence-corrected chi connectivity index (χ4v) is 1.91. The molecule has 0 aliphatic heterocycles. The van der Waals surface area contributed by atoms with Crippen molar-refractivity contribution in [1.29, 1.82) is 0 Å². The molecule has 0 bridgehead atoms. The van der Waals surface area contributed by atoms with E-state index in [-0.39, 0.29) is 6.42 Å². The molecule has 4 heteroatoms. The molecule has 0 saturated heterocycles. The predicted molar refractivity (Wildman–Crippen MR) is 57.3 cm³/mol. The van der Waals surface area contributed by atoms with Crippen LogP contribution in [0.1, 0.15) is 5.69 Å². The molecule has 0 unspecified atom stereocenters. The van der Waals surface area contributed by atoms with E-state index in [1.54, 1.807) is 0 Å². The van der Waals surface area contributed by atoms with Gasteiger partial charge in [0.15, 0.2) is 0 Å². The van der Waals surface area contributed by atoms with Crippen LogP contribution < -0.4 is 0 Å². The Morgan fingerprint density at radius 2 is 2.29 bits per heavy atom. The van der Waals surface area contributed by atoms with Crippen LogP contribution in [0.25, 0.3) is 10.9 Å². The molecule has 0 atom stereocenters. The number of aliphatic carboxylic acids is 1. The van der Waals surface area contributed by atoms with Crippen molar-refractivity contribution < 1.29 is 9.90 Å². The van der Waals surface area contributed by atoms with Crippen molar-refractivity contribution in [2.75, 3.05) is 0 Å². The van der Waals surface area contributed by atoms with Gasteiger partial charge in [0.05, 0.1) is 6.42 Å². The zero-order valence-corrected chi connectivity index (χ0v) is 8.84. The summed E-state index contributed by atoms with van der Waals surface area (Å²) in [5, 5.41) is 9.65. The number of fused-ring (bicyclic) bond motifs is 1. The van der Waals surface area contributed by atoms with Crippen LogP contribution in [0, 0.1) is 0 Å². The van der Waals surface area contributed by atoms with Crippen LogP contribution in [0.2, 0.25) is 0 Å². The molecular weight excluding hydrogens is 246 g/mol. The van der Waals surface area contributed by atoms with E-state index in [0.717, 1.165) is 21.1 Å². The van der Waals surface area contributed by atoms with Gasteiger partial charge in [0.1, 0.15) is 0 Å². The standard InChI is InChI=1S/C10H8BrNO2/c11-8-2-1-3-9-7(8)4-6(12-9)5-10(13)14/h1-4,12H,5H2,(H,13,14). The van der Waals surface area contributed by atoms with E-state index in [1.807, 2.05) is 24.3 Å². The Kier molecular flexibility index (Phi) is 2.29. The average molecular weight is 254 g/mol. The van der Waals surface area contributed by atoms with Gasteiger partial charge in [-0.15, -0.1) is 0 Å². The van der Waals surface area contributed by atoms with Crippen molar-refractivity contribution in [3.05, 3.63) is 34.4 Å². The highest BCUT2D eigenvalue weighted by atomic mass is 79.9. The molecule has 2 aromatic rings. The lowest BCUT2D eigenvalue weighted by molar-refractivity contribution is -0.136. The van der Waals surface area contributed by atoms with Crippen molar-refractivity contribution in [1.82, 2.24) is 4.98 Å². The summed E-state index contributed by atoms with van der Waals surface area (Å²) >= 11 is 3.41. The van der Waals surface area contributed by atoms with Gasteiger partial charge in [-0.3, -0.25) is 4.79 Å². The number of hydrogen-bond acceptors (Lipinski definition) is 1. The smallest absolute Gasteiger partial charge is 0.309 e. The number of carboxylic acid groups (broad SMARTS) is 1. The number of hydrogen-bond donors (Lipinski definition) is 2. The van der Waals surface area contributed by atoms with E-state index in [4.69, 9.17) is 5.11 Å². The molecule has 1 aromatic carbocycles. The largest absolute Gasteiger partial charge is 0.481 e. The number of carboxylic acids is 1. The first kappa shape index (κ1) is 9.27. The number of benzene rings is 1. The lowest BCUT2D eigenvalue weighted by Crippen LogP contribution is -1.99. The second-order valence-electron chi connectivity index (χ2n) is 3.07. The number of carbonyl (C=O) groups is 1. The molecule has 2 rings (SSSR count). The van der Waals surface area contributed by atoms with E-state index < -0.39 is 5.97 Å². The van der Waals surface area contributed by atoms with Crippen LogP contribution in [0.5, 0.6) is 0 Å². The maximum absolute atomic E-state index is 10.5. The van der Waals surface area contributed by atoms with Crippen LogP contribution in [-0.4, -0.2) is 16.1 Å². The second kappa shape index (κ2) is 3.46. The Balaban J connectivity index is 2.51. The number of aromatic nitrogens is 1. The highest BCUT2D eigenvalue weighted by Gasteiger charge is 2.06. The third-order valence-corrected chi connectivity index (χ3v) is 2.70. The van der Waals surface area contributed by atoms with Gasteiger partial charge in [0.25, 0.3) is 0 Å². The monoisotopic (exact) mass is 253 g/mol. The minimum Gasteiger partial charge on any atom is -0.481 e. The molecule has 0 saturated carbocycles. The number of rotatable bonds is 2. The zero-order valence-electron chi connectivity index (χ0n) is 7.25. The van der Waals surface area contributed by atoms with Crippen molar-refractivity contribution in [2.45, 2.75) is 6.42 Å². The van der Waals surface area contributed by atoms with Crippen molar-refractivity contribution in [2.24, 2.45) is 0 Å². The molecule has 0 aliphatic rings. The fourth-order valence-electron chi connectivity index (χ4n) is 1.43. The van der Waals surface area contributed by atoms with Gasteiger partial charge in [-0.1, -0.05) is 22.0 Å². The topological polar surface area (TPSA) is 53.1 Å². The molecule has 3 nitrogen and oxygen atoms in total. The maximum Gasteiger partial charge on any atom is 0.309 e. The van der Waals surface area contributed by atoms with Crippen LogP contribution in [0.4, 0.5) is 0 Å². The molecular formula is C10H8BrNO2. The summed E-state index contributed by atoms with van der Waals surface area (Å²) in [7, 11) is 0. The van der Waals surface area contributed by atoms with Gasteiger partial charge in [0.2, 0.25) is 0 Å². The third-order valence-electron chi connectivity index (χ3n) is 2.01. The SMILES string of the molecule is O=C(O)Cc1cc2c(Br)cccc2[nH]1. The van der Waals surface area contributed by atoms with Gasteiger partial charge in [-0.05, 0) is 18.2 Å². The van der Waals surface area contributed by atoms with E-state index in [9.17, 15) is 4.79 Å². The first-order valence-corrected chi connectivity index (χ1v) is 4.94. The lowest BCUT2D eigenvalue weighted by atomic mass is 10.2. The van der Waals surface area contributed by atoms with E-state index in [0.29, 0.717) is 0 Å². The zero-order chi connectivity index (χ0) is 10.1. The van der Waals surface area contributed by atoms with Gasteiger partial charge < -0.3 is 10.1 Å². The quantitative estimate of drug-likeness (QED) is 0.865. The molecule has 2 N–H and O–H groups in total. The molecule has 0 fully saturated rings. The van der Waals surface area contributed by atoms with Crippen LogP contribution in [0.15, 0.2) is 28.7 Å². The van der Waals surface area contributed by atoms with Crippen molar-refractivity contribution in [3.8, 4) is 0 Å². The summed E-state index contributed by atoms with van der Waals surface area (Å²) < 4.78 is 0.975. The van der Waals surface area contributed by atoms with Crippen LogP contribution in [0.3, 0.4) is 0 Å². The molecule has 14 heavy (non-hydrogen) atoms. The Labute approximate surface area is 88.9 Å². The van der Waals surface area contributed by atoms with E-state index in [1.165, 1.54) is 0 Å². The van der Waals surface area contributed by atoms with E-state index >= 15 is 0 Å². The Hall–Kier alpha value is -1.29. The van der Waals surface area contributed by atoms with Gasteiger partial charge in [0, 0.05) is 21.1 Å². The first-order chi connectivity index (χ1) is 6.66. The number of H-pyrrole nitrogens is 1. The first-order valence-electron chi connectivity index (χ1n) is 4.15. The average Bonchev–Trinajstić information content (AvgIpc) is 2.47. The molecule has 1 heterocycles. The molecule has 0 amide bonds. The summed E-state index contributed by atoms with van der Waals surface area (Å²) in [6.45, 7) is 0. The maximum atomic E-state index is 10.5. The third kappa shape index (κ3) is 1.65. The minimum atomic E-state index is -0.826. The lowest BCUT2D eigenvalue weighted by Gasteiger charge is -1.90. The Morgan fingerprint density at radius 1 is 1.50 bits per heavy atom. The van der Waals surface area contributed by atoms with Gasteiger partial charge in [-0.25, -0.2) is 0 Å². The molecule has 72 valence electrons. The summed E-state index contributed by atoms with van der Waals surface area (Å²) in [4.78, 5) is 13.6. The Bertz CT molecular complexity index is 490. The Morgan fingerprint density at radius 3 is 2.93 bits per heavy atom. The van der Waals surface area contributed by atoms with Crippen molar-refractivity contribution >= 4 is 32.8 Å². The van der Waals surface area contributed by atoms with Gasteiger partial charge >= 0.3 is 5.97 Å². The second-order valence-corrected chi connectivity index (χ2v) is 3.92. The molecule has 0 radical (unpaired) electrons. The minimum absolute atomic E-state index is 0.0289. The number of halogens is 1. The predicted octanol–water partition coefficient (Wildman–Crippen LogP) is 2.56. The normalized spacial score (nSPS) is 10.6. The fraction of sp³-hybridized carbons (Fsp3) is 0.100. The van der Waals surface area contributed by atoms with Gasteiger partial charge in [-0.2, -0.15) is 0 Å². The van der Waals surface area contributed by atoms with Crippen LogP contribution >= 0.6 is 15.9 Å². The summed E-state index contributed by atoms with van der Waals surface area (Å²) in [5.41, 5.74) is 1.68. The number of nitrogens with one attached hydrogen (secondary N) is 1. The summed E-state index contributed by atoms with van der Waals surface area (Å²) in [6, 6.07) is 7.62. The highest BCUT2D eigenvalue weighted by molar-refractivity contribution is 9.10. The molecule has 1 aromatic heterocycles. The van der Waals surface area contributed by atoms with E-state index in [2.05, 4.69) is 20.9 Å². The van der Waals surface area contributed by atoms with Crippen LogP contribution in [-0.2, 0) is 11.2 Å².